The van der Waals surface area contributed by atoms with Crippen molar-refractivity contribution in [1.29, 1.82) is 0 Å². The van der Waals surface area contributed by atoms with Crippen LogP contribution in [0.25, 0.3) is 0 Å². The standard InChI is InChI=1S/C17H23ClN2O3/c18-13-3-1-2-12(6-13)15-7-16(15)20-17(22)19-8-14(21)10-23-9-11-4-5-11/h1-3,6,11,14-16,21H,4-5,7-10H2,(H2,19,20,22)/t14-,15-,16-/m0/s1. The third-order valence-electron chi connectivity index (χ3n) is 4.24. The second-order valence-corrected chi connectivity index (χ2v) is 6.93. The molecule has 23 heavy (non-hydrogen) atoms. The van der Waals surface area contributed by atoms with Crippen molar-refractivity contribution in [3.8, 4) is 0 Å². The first-order valence-corrected chi connectivity index (χ1v) is 8.55. The second kappa shape index (κ2) is 7.51. The van der Waals surface area contributed by atoms with Crippen molar-refractivity contribution in [3.05, 3.63) is 34.9 Å². The van der Waals surface area contributed by atoms with Gasteiger partial charge in [0, 0.05) is 30.1 Å². The van der Waals surface area contributed by atoms with Crippen LogP contribution in [-0.2, 0) is 4.74 Å². The molecule has 0 bridgehead atoms. The Morgan fingerprint density at radius 3 is 3.00 bits per heavy atom. The number of urea groups is 1. The largest absolute Gasteiger partial charge is 0.389 e. The van der Waals surface area contributed by atoms with Gasteiger partial charge in [-0.15, -0.1) is 0 Å². The highest BCUT2D eigenvalue weighted by Gasteiger charge is 2.39. The number of hydrogen-bond donors (Lipinski definition) is 3. The molecule has 0 aromatic heterocycles. The second-order valence-electron chi connectivity index (χ2n) is 6.49. The zero-order chi connectivity index (χ0) is 16.2. The van der Waals surface area contributed by atoms with E-state index in [9.17, 15) is 9.90 Å². The molecule has 2 aliphatic carbocycles. The molecule has 126 valence electrons. The number of halogens is 1. The number of rotatable bonds is 8. The average Bonchev–Trinajstić information content (AvgIpc) is 3.41. The molecule has 2 fully saturated rings. The summed E-state index contributed by atoms with van der Waals surface area (Å²) < 4.78 is 5.40. The molecule has 1 aromatic rings. The molecule has 1 aromatic carbocycles. The van der Waals surface area contributed by atoms with Crippen LogP contribution < -0.4 is 10.6 Å². The van der Waals surface area contributed by atoms with Gasteiger partial charge in [-0.2, -0.15) is 0 Å². The highest BCUT2D eigenvalue weighted by Crippen LogP contribution is 2.41. The molecule has 0 radical (unpaired) electrons. The van der Waals surface area contributed by atoms with E-state index < -0.39 is 6.10 Å². The summed E-state index contributed by atoms with van der Waals surface area (Å²) in [5, 5.41) is 16.1. The van der Waals surface area contributed by atoms with Gasteiger partial charge < -0.3 is 20.5 Å². The van der Waals surface area contributed by atoms with E-state index in [2.05, 4.69) is 10.6 Å². The van der Waals surface area contributed by atoms with Crippen molar-refractivity contribution < 1.29 is 14.6 Å². The summed E-state index contributed by atoms with van der Waals surface area (Å²) in [5.41, 5.74) is 1.15. The van der Waals surface area contributed by atoms with Gasteiger partial charge in [0.25, 0.3) is 0 Å². The predicted molar refractivity (Wildman–Crippen MR) is 88.7 cm³/mol. The Morgan fingerprint density at radius 1 is 1.43 bits per heavy atom. The van der Waals surface area contributed by atoms with Gasteiger partial charge in [0.05, 0.1) is 12.7 Å². The third kappa shape index (κ3) is 5.37. The first kappa shape index (κ1) is 16.6. The quantitative estimate of drug-likeness (QED) is 0.681. The lowest BCUT2D eigenvalue weighted by atomic mass is 10.1. The Bertz CT molecular complexity index is 550. The van der Waals surface area contributed by atoms with E-state index in [1.807, 2.05) is 24.3 Å². The van der Waals surface area contributed by atoms with Crippen LogP contribution in [0.15, 0.2) is 24.3 Å². The van der Waals surface area contributed by atoms with Crippen LogP contribution in [-0.4, -0.2) is 43.0 Å². The van der Waals surface area contributed by atoms with Crippen LogP contribution in [0, 0.1) is 5.92 Å². The zero-order valence-electron chi connectivity index (χ0n) is 13.0. The fourth-order valence-corrected chi connectivity index (χ4v) is 2.80. The predicted octanol–water partition coefficient (Wildman–Crippen LogP) is 2.28. The van der Waals surface area contributed by atoms with Crippen LogP contribution in [0.1, 0.15) is 30.7 Å². The van der Waals surface area contributed by atoms with E-state index in [1.165, 1.54) is 12.8 Å². The van der Waals surface area contributed by atoms with E-state index >= 15 is 0 Å². The van der Waals surface area contributed by atoms with Crippen molar-refractivity contribution in [2.75, 3.05) is 19.8 Å². The molecule has 2 amide bonds. The van der Waals surface area contributed by atoms with E-state index in [-0.39, 0.29) is 25.2 Å². The summed E-state index contributed by atoms with van der Waals surface area (Å²) in [6.45, 7) is 1.18. The van der Waals surface area contributed by atoms with Gasteiger partial charge in [-0.25, -0.2) is 4.79 Å². The molecule has 5 nitrogen and oxygen atoms in total. The molecule has 2 aliphatic rings. The normalized spacial score (nSPS) is 24.1. The summed E-state index contributed by atoms with van der Waals surface area (Å²) in [5.74, 6) is 1.00. The number of carbonyl (C=O) groups excluding carboxylic acids is 1. The van der Waals surface area contributed by atoms with E-state index in [0.717, 1.165) is 12.0 Å². The molecule has 0 heterocycles. The average molecular weight is 339 g/mol. The smallest absolute Gasteiger partial charge is 0.315 e. The lowest BCUT2D eigenvalue weighted by Crippen LogP contribution is -2.42. The fraction of sp³-hybridized carbons (Fsp3) is 0.588. The number of benzene rings is 1. The molecule has 3 N–H and O–H groups in total. The van der Waals surface area contributed by atoms with Crippen molar-refractivity contribution in [3.63, 3.8) is 0 Å². The Hall–Kier alpha value is -1.30. The van der Waals surface area contributed by atoms with Crippen LogP contribution in [0.5, 0.6) is 0 Å². The minimum absolute atomic E-state index is 0.136. The van der Waals surface area contributed by atoms with Gasteiger partial charge >= 0.3 is 6.03 Å². The topological polar surface area (TPSA) is 70.6 Å². The third-order valence-corrected chi connectivity index (χ3v) is 4.48. The summed E-state index contributed by atoms with van der Waals surface area (Å²) >= 11 is 5.98. The maximum Gasteiger partial charge on any atom is 0.315 e. The highest BCUT2D eigenvalue weighted by molar-refractivity contribution is 6.30. The lowest BCUT2D eigenvalue weighted by Gasteiger charge is -2.13. The van der Waals surface area contributed by atoms with Gasteiger partial charge in [0.15, 0.2) is 0 Å². The van der Waals surface area contributed by atoms with E-state index in [1.54, 1.807) is 0 Å². The van der Waals surface area contributed by atoms with Crippen molar-refractivity contribution >= 4 is 17.6 Å². The van der Waals surface area contributed by atoms with Gasteiger partial charge in [-0.1, -0.05) is 23.7 Å². The summed E-state index contributed by atoms with van der Waals surface area (Å²) in [7, 11) is 0. The van der Waals surface area contributed by atoms with Gasteiger partial charge in [-0.05, 0) is 42.9 Å². The van der Waals surface area contributed by atoms with E-state index in [0.29, 0.717) is 23.5 Å². The van der Waals surface area contributed by atoms with Gasteiger partial charge in [0.1, 0.15) is 0 Å². The summed E-state index contributed by atoms with van der Waals surface area (Å²) in [6.07, 6.45) is 2.71. The van der Waals surface area contributed by atoms with Crippen LogP contribution in [0.3, 0.4) is 0 Å². The summed E-state index contributed by atoms with van der Waals surface area (Å²) in [6, 6.07) is 7.61. The molecule has 0 aliphatic heterocycles. The van der Waals surface area contributed by atoms with Gasteiger partial charge in [0.2, 0.25) is 0 Å². The molecule has 0 spiro atoms. The monoisotopic (exact) mass is 338 g/mol. The molecule has 0 unspecified atom stereocenters. The van der Waals surface area contributed by atoms with Crippen LogP contribution >= 0.6 is 11.6 Å². The molecular weight excluding hydrogens is 316 g/mol. The number of carbonyl (C=O) groups is 1. The SMILES string of the molecule is O=C(NC[C@H](O)COCC1CC1)N[C@H]1C[C@H]1c1cccc(Cl)c1. The minimum Gasteiger partial charge on any atom is -0.389 e. The summed E-state index contributed by atoms with van der Waals surface area (Å²) in [4.78, 5) is 11.8. The van der Waals surface area contributed by atoms with E-state index in [4.69, 9.17) is 16.3 Å². The number of nitrogens with one attached hydrogen (secondary N) is 2. The van der Waals surface area contributed by atoms with Crippen LogP contribution in [0.4, 0.5) is 4.79 Å². The maximum atomic E-state index is 11.8. The van der Waals surface area contributed by atoms with Crippen molar-refractivity contribution in [1.82, 2.24) is 10.6 Å². The Kier molecular flexibility index (Phi) is 5.41. The maximum absolute atomic E-state index is 11.8. The number of aliphatic hydroxyl groups is 1. The Balaban J connectivity index is 1.30. The number of aliphatic hydroxyl groups excluding tert-OH is 1. The van der Waals surface area contributed by atoms with Crippen LogP contribution in [0.2, 0.25) is 5.02 Å². The van der Waals surface area contributed by atoms with Gasteiger partial charge in [-0.3, -0.25) is 0 Å². The number of amides is 2. The number of ether oxygens (including phenoxy) is 1. The number of hydrogen-bond acceptors (Lipinski definition) is 3. The highest BCUT2D eigenvalue weighted by atomic mass is 35.5. The molecule has 2 saturated carbocycles. The fourth-order valence-electron chi connectivity index (χ4n) is 2.60. The molecule has 3 rings (SSSR count). The zero-order valence-corrected chi connectivity index (χ0v) is 13.8. The first-order chi connectivity index (χ1) is 11.1. The minimum atomic E-state index is -0.664. The van der Waals surface area contributed by atoms with Crippen molar-refractivity contribution in [2.24, 2.45) is 5.92 Å². The lowest BCUT2D eigenvalue weighted by molar-refractivity contribution is 0.0337. The molecule has 3 atom stereocenters. The molecular formula is C17H23ClN2O3. The Morgan fingerprint density at radius 2 is 2.26 bits per heavy atom. The van der Waals surface area contributed by atoms with Crippen molar-refractivity contribution in [2.45, 2.75) is 37.3 Å². The Labute approximate surface area is 141 Å². The molecule has 6 heteroatoms. The first-order valence-electron chi connectivity index (χ1n) is 8.17. The molecule has 0 saturated heterocycles.